The van der Waals surface area contributed by atoms with Gasteiger partial charge in [-0.3, -0.25) is 4.79 Å². The summed E-state index contributed by atoms with van der Waals surface area (Å²) in [5.41, 5.74) is 7.77. The van der Waals surface area contributed by atoms with Gasteiger partial charge in [-0.15, -0.1) is 0 Å². The highest BCUT2D eigenvalue weighted by Gasteiger charge is 2.11. The van der Waals surface area contributed by atoms with E-state index in [0.717, 1.165) is 21.4 Å². The van der Waals surface area contributed by atoms with Gasteiger partial charge in [-0.25, -0.2) is 0 Å². The molecule has 0 saturated heterocycles. The van der Waals surface area contributed by atoms with Gasteiger partial charge < -0.3 is 15.6 Å². The highest BCUT2D eigenvalue weighted by molar-refractivity contribution is 9.10. The first-order valence-electron chi connectivity index (χ1n) is 5.94. The van der Waals surface area contributed by atoms with Crippen LogP contribution in [0, 0.1) is 0 Å². The van der Waals surface area contributed by atoms with Crippen molar-refractivity contribution in [2.24, 2.45) is 5.73 Å². The third-order valence-corrected chi connectivity index (χ3v) is 3.15. The van der Waals surface area contributed by atoms with Crippen molar-refractivity contribution in [2.45, 2.75) is 25.8 Å². The van der Waals surface area contributed by atoms with Gasteiger partial charge in [-0.1, -0.05) is 12.6 Å². The third kappa shape index (κ3) is 5.44. The summed E-state index contributed by atoms with van der Waals surface area (Å²) < 4.78 is 6.35. The normalized spacial score (nSPS) is 11.9. The second-order valence-electron chi connectivity index (χ2n) is 4.47. The predicted octanol–water partition coefficient (Wildman–Crippen LogP) is 3.27. The third-order valence-electron chi connectivity index (χ3n) is 2.53. The van der Waals surface area contributed by atoms with Crippen LogP contribution in [0.1, 0.15) is 31.4 Å². The summed E-state index contributed by atoms with van der Waals surface area (Å²) in [5, 5.41) is 8.64. The zero-order valence-corrected chi connectivity index (χ0v) is 12.4. The fourth-order valence-electron chi connectivity index (χ4n) is 1.51. The molecule has 0 spiro atoms. The summed E-state index contributed by atoms with van der Waals surface area (Å²) in [7, 11) is 0. The number of halogens is 1. The van der Waals surface area contributed by atoms with Crippen LogP contribution in [0.4, 0.5) is 0 Å². The van der Waals surface area contributed by atoms with Crippen molar-refractivity contribution in [3.8, 4) is 5.75 Å². The molecule has 104 valence electrons. The lowest BCUT2D eigenvalue weighted by Gasteiger charge is -2.13. The Bertz CT molecular complexity index is 474. The summed E-state index contributed by atoms with van der Waals surface area (Å²) in [6.45, 7) is 6.12. The number of aliphatic carboxylic acids is 1. The molecule has 5 heteroatoms. The zero-order chi connectivity index (χ0) is 14.4. The van der Waals surface area contributed by atoms with Crippen LogP contribution in [0.5, 0.6) is 5.75 Å². The summed E-state index contributed by atoms with van der Waals surface area (Å²) in [6.07, 6.45) is 0.473. The number of rotatable bonds is 7. The largest absolute Gasteiger partial charge is 0.488 e. The van der Waals surface area contributed by atoms with E-state index in [4.69, 9.17) is 15.6 Å². The molecular weight excluding hydrogens is 310 g/mol. The van der Waals surface area contributed by atoms with Gasteiger partial charge in [0, 0.05) is 12.5 Å². The maximum Gasteiger partial charge on any atom is 0.303 e. The molecule has 4 nitrogen and oxygen atoms in total. The van der Waals surface area contributed by atoms with E-state index in [1.165, 1.54) is 0 Å². The smallest absolute Gasteiger partial charge is 0.303 e. The summed E-state index contributed by atoms with van der Waals surface area (Å²) in [6, 6.07) is 5.25. The number of hydrogen-bond donors (Lipinski definition) is 2. The van der Waals surface area contributed by atoms with Crippen molar-refractivity contribution in [3.63, 3.8) is 0 Å². The van der Waals surface area contributed by atoms with E-state index in [2.05, 4.69) is 22.5 Å². The minimum Gasteiger partial charge on any atom is -0.488 e. The van der Waals surface area contributed by atoms with E-state index < -0.39 is 5.97 Å². The first-order valence-corrected chi connectivity index (χ1v) is 6.73. The Balaban J connectivity index is 2.69. The van der Waals surface area contributed by atoms with Crippen molar-refractivity contribution in [2.75, 3.05) is 6.61 Å². The molecule has 0 fully saturated rings. The molecule has 1 atom stereocenters. The van der Waals surface area contributed by atoms with Crippen LogP contribution >= 0.6 is 15.9 Å². The van der Waals surface area contributed by atoms with Gasteiger partial charge in [0.15, 0.2) is 0 Å². The highest BCUT2D eigenvalue weighted by atomic mass is 79.9. The first-order chi connectivity index (χ1) is 8.90. The van der Waals surface area contributed by atoms with Crippen LogP contribution in [-0.2, 0) is 4.79 Å². The van der Waals surface area contributed by atoms with Crippen LogP contribution in [0.3, 0.4) is 0 Å². The number of carboxylic acids is 1. The molecule has 0 aliphatic rings. The van der Waals surface area contributed by atoms with Crippen molar-refractivity contribution < 1.29 is 14.6 Å². The molecule has 0 amide bonds. The second-order valence-corrected chi connectivity index (χ2v) is 5.33. The number of carbonyl (C=O) groups is 1. The molecule has 0 bridgehead atoms. The van der Waals surface area contributed by atoms with E-state index in [9.17, 15) is 4.79 Å². The van der Waals surface area contributed by atoms with Crippen molar-refractivity contribution in [3.05, 3.63) is 40.4 Å². The van der Waals surface area contributed by atoms with Crippen LogP contribution in [0.2, 0.25) is 0 Å². The standard InChI is InChI=1S/C14H18BrNO3/c1-9(2)8-19-13-5-3-10(7-11(13)15)12(16)4-6-14(17)18/h3,5,7,12H,1,4,6,8,16H2,2H3,(H,17,18). The van der Waals surface area contributed by atoms with Crippen molar-refractivity contribution in [1.82, 2.24) is 0 Å². The molecule has 3 N–H and O–H groups in total. The van der Waals surface area contributed by atoms with E-state index >= 15 is 0 Å². The number of benzene rings is 1. The molecule has 0 aliphatic heterocycles. The van der Waals surface area contributed by atoms with Gasteiger partial charge in [-0.2, -0.15) is 0 Å². The molecular formula is C14H18BrNO3. The van der Waals surface area contributed by atoms with E-state index in [1.54, 1.807) is 0 Å². The Kier molecular flexibility index (Phi) is 6.05. The Morgan fingerprint density at radius 3 is 2.79 bits per heavy atom. The molecule has 1 aromatic rings. The zero-order valence-electron chi connectivity index (χ0n) is 10.9. The van der Waals surface area contributed by atoms with E-state index in [0.29, 0.717) is 13.0 Å². The average Bonchev–Trinajstić information content (AvgIpc) is 2.34. The van der Waals surface area contributed by atoms with Gasteiger partial charge in [0.25, 0.3) is 0 Å². The van der Waals surface area contributed by atoms with Gasteiger partial charge in [0.2, 0.25) is 0 Å². The Morgan fingerprint density at radius 1 is 1.58 bits per heavy atom. The molecule has 1 rings (SSSR count). The fourth-order valence-corrected chi connectivity index (χ4v) is 2.02. The summed E-state index contributed by atoms with van der Waals surface area (Å²) in [5.74, 6) is -0.117. The van der Waals surface area contributed by atoms with Gasteiger partial charge in [-0.05, 0) is 52.5 Å². The monoisotopic (exact) mass is 327 g/mol. The molecule has 1 unspecified atom stereocenters. The molecule has 0 aromatic heterocycles. The lowest BCUT2D eigenvalue weighted by atomic mass is 10.0. The van der Waals surface area contributed by atoms with Crippen molar-refractivity contribution >= 4 is 21.9 Å². The second kappa shape index (κ2) is 7.31. The number of carboxylic acid groups (broad SMARTS) is 1. The minimum atomic E-state index is -0.837. The lowest BCUT2D eigenvalue weighted by molar-refractivity contribution is -0.137. The fraction of sp³-hybridized carbons (Fsp3) is 0.357. The molecule has 1 aromatic carbocycles. The first kappa shape index (κ1) is 15.7. The Hall–Kier alpha value is -1.33. The van der Waals surface area contributed by atoms with E-state index in [-0.39, 0.29) is 12.5 Å². The van der Waals surface area contributed by atoms with Gasteiger partial charge in [0.1, 0.15) is 12.4 Å². The summed E-state index contributed by atoms with van der Waals surface area (Å²) in [4.78, 5) is 10.5. The number of nitrogens with two attached hydrogens (primary N) is 1. The predicted molar refractivity (Wildman–Crippen MR) is 78.2 cm³/mol. The molecule has 0 heterocycles. The topological polar surface area (TPSA) is 72.5 Å². The molecule has 0 saturated carbocycles. The number of hydrogen-bond acceptors (Lipinski definition) is 3. The highest BCUT2D eigenvalue weighted by Crippen LogP contribution is 2.29. The number of ether oxygens (including phenoxy) is 1. The SMILES string of the molecule is C=C(C)COc1ccc(C(N)CCC(=O)O)cc1Br. The van der Waals surface area contributed by atoms with Crippen LogP contribution < -0.4 is 10.5 Å². The maximum absolute atomic E-state index is 10.5. The van der Waals surface area contributed by atoms with Crippen LogP contribution in [-0.4, -0.2) is 17.7 Å². The van der Waals surface area contributed by atoms with Crippen LogP contribution in [0.25, 0.3) is 0 Å². The van der Waals surface area contributed by atoms with Gasteiger partial charge >= 0.3 is 5.97 Å². The Morgan fingerprint density at radius 2 is 2.26 bits per heavy atom. The molecule has 19 heavy (non-hydrogen) atoms. The molecule has 0 aliphatic carbocycles. The average molecular weight is 328 g/mol. The Labute approximate surface area is 121 Å². The maximum atomic E-state index is 10.5. The minimum absolute atomic E-state index is 0.0622. The quantitative estimate of drug-likeness (QED) is 0.754. The molecule has 0 radical (unpaired) electrons. The lowest BCUT2D eigenvalue weighted by Crippen LogP contribution is -2.12. The van der Waals surface area contributed by atoms with Crippen molar-refractivity contribution in [1.29, 1.82) is 0 Å². The summed E-state index contributed by atoms with van der Waals surface area (Å²) >= 11 is 3.42. The van der Waals surface area contributed by atoms with Crippen LogP contribution in [0.15, 0.2) is 34.8 Å². The van der Waals surface area contributed by atoms with Gasteiger partial charge in [0.05, 0.1) is 4.47 Å². The van der Waals surface area contributed by atoms with E-state index in [1.807, 2.05) is 25.1 Å².